The molecule has 0 aromatic heterocycles. The van der Waals surface area contributed by atoms with Gasteiger partial charge in [0.1, 0.15) is 6.10 Å². The number of ether oxygens (including phenoxy) is 5. The average molecular weight is 399 g/mol. The van der Waals surface area contributed by atoms with Gasteiger partial charge in [-0.05, 0) is 29.7 Å². The molecule has 0 fully saturated rings. The van der Waals surface area contributed by atoms with Crippen molar-refractivity contribution in [1.29, 1.82) is 0 Å². The number of carbonyl (C=O) groups is 1. The number of nitrogens with zero attached hydrogens (tertiary/aromatic N) is 1. The first-order valence-electron chi connectivity index (χ1n) is 9.34. The standard InChI is InChI=1S/C21H21NO7/c1-25-12-5-4-11-15(18(12)27-3)21(24)22-7-6-10-8-13(26-2)19-20(29-9-28-19)14(10)16(22)17(11)23/h4-5,8,16-17,23H,6-7,9H2,1-3H3/t16-,17-/m1/s1. The summed E-state index contributed by atoms with van der Waals surface area (Å²) in [7, 11) is 4.58. The van der Waals surface area contributed by atoms with Gasteiger partial charge >= 0.3 is 0 Å². The van der Waals surface area contributed by atoms with Crippen LogP contribution in [0.25, 0.3) is 0 Å². The third-order valence-corrected chi connectivity index (χ3v) is 5.88. The van der Waals surface area contributed by atoms with E-state index in [4.69, 9.17) is 23.7 Å². The van der Waals surface area contributed by atoms with Gasteiger partial charge in [-0.1, -0.05) is 6.07 Å². The van der Waals surface area contributed by atoms with Gasteiger partial charge in [-0.2, -0.15) is 0 Å². The van der Waals surface area contributed by atoms with E-state index in [1.807, 2.05) is 6.07 Å². The molecule has 3 aliphatic rings. The maximum atomic E-state index is 13.5. The summed E-state index contributed by atoms with van der Waals surface area (Å²) in [6, 6.07) is 4.73. The molecule has 1 amide bonds. The molecule has 29 heavy (non-hydrogen) atoms. The molecule has 0 saturated heterocycles. The zero-order valence-electron chi connectivity index (χ0n) is 16.4. The van der Waals surface area contributed by atoms with Crippen molar-refractivity contribution >= 4 is 5.91 Å². The number of carbonyl (C=O) groups excluding carboxylic acids is 1. The summed E-state index contributed by atoms with van der Waals surface area (Å²) in [4.78, 5) is 15.1. The van der Waals surface area contributed by atoms with Crippen LogP contribution in [0.5, 0.6) is 28.7 Å². The van der Waals surface area contributed by atoms with E-state index in [-0.39, 0.29) is 12.7 Å². The predicted molar refractivity (Wildman–Crippen MR) is 101 cm³/mol. The summed E-state index contributed by atoms with van der Waals surface area (Å²) in [6.07, 6.45) is -0.345. The van der Waals surface area contributed by atoms with Crippen LogP contribution in [0.4, 0.5) is 0 Å². The first-order chi connectivity index (χ1) is 14.1. The van der Waals surface area contributed by atoms with Gasteiger partial charge in [0.25, 0.3) is 5.91 Å². The molecule has 2 aromatic carbocycles. The molecular formula is C21H21NO7. The minimum absolute atomic E-state index is 0.0700. The highest BCUT2D eigenvalue weighted by Gasteiger charge is 2.47. The third-order valence-electron chi connectivity index (χ3n) is 5.88. The number of hydrogen-bond acceptors (Lipinski definition) is 7. The number of rotatable bonds is 3. The number of fused-ring (bicyclic) bond motifs is 6. The maximum absolute atomic E-state index is 13.5. The molecule has 3 heterocycles. The Hall–Kier alpha value is -3.13. The zero-order valence-corrected chi connectivity index (χ0v) is 16.4. The Labute approximate surface area is 167 Å². The minimum atomic E-state index is -0.955. The highest BCUT2D eigenvalue weighted by Crippen LogP contribution is 2.55. The van der Waals surface area contributed by atoms with E-state index >= 15 is 0 Å². The molecule has 8 heteroatoms. The molecule has 0 radical (unpaired) electrons. The van der Waals surface area contributed by atoms with Crippen LogP contribution in [0.3, 0.4) is 0 Å². The molecule has 3 aliphatic heterocycles. The first-order valence-corrected chi connectivity index (χ1v) is 9.34. The van der Waals surface area contributed by atoms with Crippen LogP contribution >= 0.6 is 0 Å². The van der Waals surface area contributed by atoms with Crippen LogP contribution in [-0.2, 0) is 6.42 Å². The topological polar surface area (TPSA) is 86.7 Å². The zero-order chi connectivity index (χ0) is 20.3. The SMILES string of the molecule is COc1cc2c(c3c1OCO3)[C@@H]1[C@H](O)c3ccc(OC)c(OC)c3C(=O)N1CC2. The predicted octanol–water partition coefficient (Wildman–Crippen LogP) is 2.23. The van der Waals surface area contributed by atoms with Gasteiger partial charge in [0.05, 0.1) is 32.9 Å². The summed E-state index contributed by atoms with van der Waals surface area (Å²) in [5.74, 6) is 2.20. The smallest absolute Gasteiger partial charge is 0.258 e. The van der Waals surface area contributed by atoms with Crippen LogP contribution in [0, 0.1) is 0 Å². The Morgan fingerprint density at radius 2 is 1.83 bits per heavy atom. The molecule has 1 N–H and O–H groups in total. The van der Waals surface area contributed by atoms with E-state index in [0.717, 1.165) is 11.1 Å². The molecule has 2 aromatic rings. The Morgan fingerprint density at radius 1 is 1.07 bits per heavy atom. The highest BCUT2D eigenvalue weighted by molar-refractivity contribution is 6.01. The highest BCUT2D eigenvalue weighted by atomic mass is 16.7. The molecule has 5 rings (SSSR count). The Kier molecular flexibility index (Phi) is 3.99. The van der Waals surface area contributed by atoms with Crippen molar-refractivity contribution in [2.45, 2.75) is 18.6 Å². The van der Waals surface area contributed by atoms with Gasteiger partial charge in [0.2, 0.25) is 12.5 Å². The summed E-state index contributed by atoms with van der Waals surface area (Å²) in [5.41, 5.74) is 2.58. The summed E-state index contributed by atoms with van der Waals surface area (Å²) >= 11 is 0. The Balaban J connectivity index is 1.72. The minimum Gasteiger partial charge on any atom is -0.493 e. The fraction of sp³-hybridized carbons (Fsp3) is 0.381. The lowest BCUT2D eigenvalue weighted by molar-refractivity contribution is 0.0199. The molecule has 0 aliphatic carbocycles. The fourth-order valence-corrected chi connectivity index (χ4v) is 4.61. The lowest BCUT2D eigenvalue weighted by Gasteiger charge is -2.44. The molecule has 0 saturated carbocycles. The molecule has 152 valence electrons. The second-order valence-electron chi connectivity index (χ2n) is 7.12. The van der Waals surface area contributed by atoms with E-state index in [2.05, 4.69) is 0 Å². The largest absolute Gasteiger partial charge is 0.493 e. The van der Waals surface area contributed by atoms with Crippen molar-refractivity contribution < 1.29 is 33.6 Å². The van der Waals surface area contributed by atoms with Crippen LogP contribution < -0.4 is 23.7 Å². The second kappa shape index (κ2) is 6.45. The summed E-state index contributed by atoms with van der Waals surface area (Å²) in [5, 5.41) is 11.3. The van der Waals surface area contributed by atoms with Crippen molar-refractivity contribution in [2.75, 3.05) is 34.7 Å². The van der Waals surface area contributed by atoms with Gasteiger partial charge in [-0.25, -0.2) is 0 Å². The Bertz CT molecular complexity index is 1020. The number of benzene rings is 2. The van der Waals surface area contributed by atoms with Crippen molar-refractivity contribution in [3.8, 4) is 28.7 Å². The molecule has 0 unspecified atom stereocenters. The van der Waals surface area contributed by atoms with Gasteiger partial charge in [0, 0.05) is 12.1 Å². The number of hydrogen-bond donors (Lipinski definition) is 1. The van der Waals surface area contributed by atoms with Crippen LogP contribution in [0.15, 0.2) is 18.2 Å². The summed E-state index contributed by atoms with van der Waals surface area (Å²) in [6.45, 7) is 0.524. The van der Waals surface area contributed by atoms with Crippen molar-refractivity contribution in [3.05, 3.63) is 40.5 Å². The Morgan fingerprint density at radius 3 is 2.55 bits per heavy atom. The summed E-state index contributed by atoms with van der Waals surface area (Å²) < 4.78 is 27.6. The lowest BCUT2D eigenvalue weighted by atomic mass is 9.80. The van der Waals surface area contributed by atoms with Gasteiger partial charge in [-0.15, -0.1) is 0 Å². The van der Waals surface area contributed by atoms with E-state index < -0.39 is 12.1 Å². The van der Waals surface area contributed by atoms with Gasteiger partial charge in [-0.3, -0.25) is 4.79 Å². The van der Waals surface area contributed by atoms with E-state index in [1.165, 1.54) is 14.2 Å². The van der Waals surface area contributed by atoms with E-state index in [0.29, 0.717) is 52.8 Å². The maximum Gasteiger partial charge on any atom is 0.258 e. The van der Waals surface area contributed by atoms with Crippen molar-refractivity contribution in [1.82, 2.24) is 4.90 Å². The molecule has 8 nitrogen and oxygen atoms in total. The molecule has 2 atom stereocenters. The number of aliphatic hydroxyl groups excluding tert-OH is 1. The molecule has 0 bridgehead atoms. The van der Waals surface area contributed by atoms with Gasteiger partial charge in [0.15, 0.2) is 23.0 Å². The number of amides is 1. The lowest BCUT2D eigenvalue weighted by Crippen LogP contribution is -2.46. The van der Waals surface area contributed by atoms with Crippen molar-refractivity contribution in [2.24, 2.45) is 0 Å². The number of methoxy groups -OCH3 is 3. The monoisotopic (exact) mass is 399 g/mol. The number of aliphatic hydroxyl groups is 1. The quantitative estimate of drug-likeness (QED) is 0.847. The van der Waals surface area contributed by atoms with Gasteiger partial charge < -0.3 is 33.7 Å². The average Bonchev–Trinajstić information content (AvgIpc) is 3.25. The second-order valence-corrected chi connectivity index (χ2v) is 7.12. The van der Waals surface area contributed by atoms with Crippen LogP contribution in [-0.4, -0.2) is 50.6 Å². The van der Waals surface area contributed by atoms with Crippen LogP contribution in [0.2, 0.25) is 0 Å². The molecule has 0 spiro atoms. The van der Waals surface area contributed by atoms with E-state index in [9.17, 15) is 9.90 Å². The third kappa shape index (κ3) is 2.32. The molecular weight excluding hydrogens is 378 g/mol. The normalized spacial score (nSPS) is 21.2. The van der Waals surface area contributed by atoms with Crippen molar-refractivity contribution in [3.63, 3.8) is 0 Å². The van der Waals surface area contributed by atoms with E-state index in [1.54, 1.807) is 24.1 Å². The fourth-order valence-electron chi connectivity index (χ4n) is 4.61. The van der Waals surface area contributed by atoms with Crippen LogP contribution in [0.1, 0.15) is 39.2 Å². The first kappa shape index (κ1) is 17.9.